The Kier molecular flexibility index (Phi) is 5.71. The van der Waals surface area contributed by atoms with Crippen molar-refractivity contribution in [3.8, 4) is 0 Å². The van der Waals surface area contributed by atoms with E-state index in [2.05, 4.69) is 0 Å². The van der Waals surface area contributed by atoms with Gasteiger partial charge in [-0.15, -0.1) is 0 Å². The fourth-order valence-electron chi connectivity index (χ4n) is 3.84. The topological polar surface area (TPSA) is 40.5 Å². The van der Waals surface area contributed by atoms with Gasteiger partial charge in [0.15, 0.2) is 0 Å². The molecule has 2 saturated heterocycles. The van der Waals surface area contributed by atoms with Gasteiger partial charge in [0.2, 0.25) is 0 Å². The van der Waals surface area contributed by atoms with Crippen molar-refractivity contribution in [2.24, 2.45) is 5.92 Å². The van der Waals surface area contributed by atoms with E-state index in [1.54, 1.807) is 0 Å². The summed E-state index contributed by atoms with van der Waals surface area (Å²) in [7, 11) is 0. The number of halogens is 1. The Bertz CT molecular complexity index is 206. The largest absolute Gasteiger partial charge is 1.00 e. The molecule has 2 N–H and O–H groups in total. The molecule has 2 fully saturated rings. The molecule has 0 bridgehead atoms. The maximum atomic E-state index is 9.44. The predicted molar refractivity (Wildman–Crippen MR) is 59.4 cm³/mol. The van der Waals surface area contributed by atoms with Gasteiger partial charge in [-0.05, 0) is 25.7 Å². The summed E-state index contributed by atoms with van der Waals surface area (Å²) in [6.45, 7) is 4.00. The molecule has 2 rings (SSSR count). The van der Waals surface area contributed by atoms with Crippen LogP contribution in [0.25, 0.3) is 0 Å². The molecule has 2 heterocycles. The molecule has 0 saturated carbocycles. The summed E-state index contributed by atoms with van der Waals surface area (Å²) in [4.78, 5) is 0. The second-order valence-corrected chi connectivity index (χ2v) is 5.26. The van der Waals surface area contributed by atoms with Gasteiger partial charge in [-0.2, -0.15) is 0 Å². The van der Waals surface area contributed by atoms with Gasteiger partial charge in [-0.25, -0.2) is 0 Å². The van der Waals surface area contributed by atoms with Crippen molar-refractivity contribution in [1.29, 1.82) is 0 Å². The van der Waals surface area contributed by atoms with E-state index in [1.807, 2.05) is 0 Å². The Hall–Kier alpha value is 0.360. The lowest BCUT2D eigenvalue weighted by atomic mass is 9.81. The molecule has 0 spiro atoms. The number of quaternary nitrogens is 1. The van der Waals surface area contributed by atoms with Crippen molar-refractivity contribution in [3.63, 3.8) is 0 Å². The lowest BCUT2D eigenvalue weighted by Gasteiger charge is -2.53. The van der Waals surface area contributed by atoms with Crippen molar-refractivity contribution in [1.82, 2.24) is 0 Å². The Morgan fingerprint density at radius 1 is 1.00 bits per heavy atom. The van der Waals surface area contributed by atoms with Crippen LogP contribution < -0.4 is 17.0 Å². The molecule has 3 nitrogen and oxygen atoms in total. The second kappa shape index (κ2) is 6.34. The third-order valence-electron chi connectivity index (χ3n) is 4.56. The highest BCUT2D eigenvalue weighted by atomic mass is 79.9. The summed E-state index contributed by atoms with van der Waals surface area (Å²) < 4.78 is 1.10. The predicted octanol–water partition coefficient (Wildman–Crippen LogP) is -2.25. The van der Waals surface area contributed by atoms with E-state index in [-0.39, 0.29) is 17.0 Å². The first-order valence-electron chi connectivity index (χ1n) is 6.40. The maximum absolute atomic E-state index is 9.44. The van der Waals surface area contributed by atoms with Gasteiger partial charge in [0, 0.05) is 12.3 Å². The van der Waals surface area contributed by atoms with Crippen LogP contribution in [0.1, 0.15) is 32.1 Å². The monoisotopic (exact) mass is 293 g/mol. The van der Waals surface area contributed by atoms with Crippen LogP contribution in [0.3, 0.4) is 0 Å². The van der Waals surface area contributed by atoms with Crippen molar-refractivity contribution in [2.45, 2.75) is 38.1 Å². The van der Waals surface area contributed by atoms with E-state index in [0.717, 1.165) is 11.0 Å². The minimum Gasteiger partial charge on any atom is -1.00 e. The van der Waals surface area contributed by atoms with E-state index in [1.165, 1.54) is 45.2 Å². The standard InChI is InChI=1S/C12H24NO2.BrH/c14-9-8-13-6-2-1-5-12(13)11(10-15)4-3-7-13;/h11-12,14-15H,1-10H2;1H/q+1;/p-1/t11-,12?,13?;/m0./s1. The first-order valence-corrected chi connectivity index (χ1v) is 6.40. The summed E-state index contributed by atoms with van der Waals surface area (Å²) in [5.41, 5.74) is 0. The number of piperidine rings is 2. The fourth-order valence-corrected chi connectivity index (χ4v) is 3.84. The number of hydrogen-bond donors (Lipinski definition) is 2. The van der Waals surface area contributed by atoms with Crippen LogP contribution in [-0.2, 0) is 0 Å². The van der Waals surface area contributed by atoms with Crippen LogP contribution in [0, 0.1) is 5.92 Å². The van der Waals surface area contributed by atoms with Crippen LogP contribution in [-0.4, -0.2) is 53.6 Å². The van der Waals surface area contributed by atoms with Gasteiger partial charge < -0.3 is 31.7 Å². The van der Waals surface area contributed by atoms with E-state index >= 15 is 0 Å². The summed E-state index contributed by atoms with van der Waals surface area (Å²) in [6, 6.07) is 0.629. The van der Waals surface area contributed by atoms with E-state index in [4.69, 9.17) is 0 Å². The Balaban J connectivity index is 0.00000128. The number of aliphatic hydroxyl groups is 2. The van der Waals surface area contributed by atoms with Crippen molar-refractivity contribution >= 4 is 0 Å². The molecule has 2 aliphatic rings. The summed E-state index contributed by atoms with van der Waals surface area (Å²) >= 11 is 0. The summed E-state index contributed by atoms with van der Waals surface area (Å²) in [5, 5.41) is 18.7. The molecule has 0 aromatic rings. The Morgan fingerprint density at radius 3 is 2.44 bits per heavy atom. The van der Waals surface area contributed by atoms with Crippen molar-refractivity contribution < 1.29 is 31.7 Å². The molecule has 16 heavy (non-hydrogen) atoms. The van der Waals surface area contributed by atoms with Gasteiger partial charge in [-0.3, -0.25) is 0 Å². The smallest absolute Gasteiger partial charge is 0.102 e. The molecule has 96 valence electrons. The fraction of sp³-hybridized carbons (Fsp3) is 1.00. The van der Waals surface area contributed by atoms with Crippen LogP contribution in [0.15, 0.2) is 0 Å². The van der Waals surface area contributed by atoms with Gasteiger partial charge in [-0.1, -0.05) is 0 Å². The molecule has 4 heteroatoms. The highest BCUT2D eigenvalue weighted by Gasteiger charge is 2.45. The lowest BCUT2D eigenvalue weighted by Crippen LogP contribution is -3.00. The zero-order valence-corrected chi connectivity index (χ0v) is 11.5. The molecule has 0 aliphatic carbocycles. The molecule has 0 amide bonds. The first-order chi connectivity index (χ1) is 7.32. The van der Waals surface area contributed by atoms with Gasteiger partial charge >= 0.3 is 0 Å². The van der Waals surface area contributed by atoms with Gasteiger partial charge in [0.1, 0.15) is 6.54 Å². The second-order valence-electron chi connectivity index (χ2n) is 5.26. The van der Waals surface area contributed by atoms with Crippen molar-refractivity contribution in [3.05, 3.63) is 0 Å². The highest BCUT2D eigenvalue weighted by Crippen LogP contribution is 2.36. The molecule has 0 radical (unpaired) electrons. The van der Waals surface area contributed by atoms with Crippen LogP contribution >= 0.6 is 0 Å². The molecule has 0 aromatic carbocycles. The molecule has 3 atom stereocenters. The first kappa shape index (κ1) is 14.4. The number of nitrogens with zero attached hydrogens (tertiary/aromatic N) is 1. The average Bonchev–Trinajstić information content (AvgIpc) is 2.28. The minimum atomic E-state index is 0. The number of aliphatic hydroxyl groups excluding tert-OH is 2. The number of hydrogen-bond acceptors (Lipinski definition) is 2. The van der Waals surface area contributed by atoms with Crippen LogP contribution in [0.5, 0.6) is 0 Å². The van der Waals surface area contributed by atoms with E-state index < -0.39 is 0 Å². The molecular formula is C12H24BrNO2. The molecule has 0 aromatic heterocycles. The minimum absolute atomic E-state index is 0. The zero-order chi connectivity index (χ0) is 10.7. The summed E-state index contributed by atoms with van der Waals surface area (Å²) in [5.74, 6) is 0.491. The maximum Gasteiger partial charge on any atom is 0.102 e. The number of rotatable bonds is 3. The lowest BCUT2D eigenvalue weighted by molar-refractivity contribution is -0.964. The van der Waals surface area contributed by atoms with E-state index in [0.29, 0.717) is 25.2 Å². The normalized spacial score (nSPS) is 38.6. The van der Waals surface area contributed by atoms with Gasteiger partial charge in [0.25, 0.3) is 0 Å². The Labute approximate surface area is 109 Å². The molecule has 2 aliphatic heterocycles. The summed E-state index contributed by atoms with van der Waals surface area (Å²) in [6.07, 6.45) is 6.28. The third-order valence-corrected chi connectivity index (χ3v) is 4.56. The van der Waals surface area contributed by atoms with E-state index in [9.17, 15) is 10.2 Å². The SMILES string of the molecule is OCC[N+]12CCCCC1[C@H](CO)CCC2.[Br-]. The average molecular weight is 294 g/mol. The molecule has 2 unspecified atom stereocenters. The van der Waals surface area contributed by atoms with Crippen molar-refractivity contribution in [2.75, 3.05) is 32.8 Å². The number of fused-ring (bicyclic) bond motifs is 1. The van der Waals surface area contributed by atoms with Gasteiger partial charge in [0.05, 0.1) is 32.3 Å². The Morgan fingerprint density at radius 2 is 1.75 bits per heavy atom. The zero-order valence-electron chi connectivity index (χ0n) is 9.95. The third kappa shape index (κ3) is 2.61. The van der Waals surface area contributed by atoms with Crippen LogP contribution in [0.4, 0.5) is 0 Å². The quantitative estimate of drug-likeness (QED) is 0.578. The van der Waals surface area contributed by atoms with Crippen LogP contribution in [0.2, 0.25) is 0 Å². The molecular weight excluding hydrogens is 270 g/mol. The highest BCUT2D eigenvalue weighted by molar-refractivity contribution is 4.79.